The molecule has 0 amide bonds. The van der Waals surface area contributed by atoms with Gasteiger partial charge in [-0.3, -0.25) is 13.6 Å². The van der Waals surface area contributed by atoms with Gasteiger partial charge in [0.1, 0.15) is 13.3 Å². The Balaban J connectivity index is 2.89. The lowest BCUT2D eigenvalue weighted by Gasteiger charge is -2.07. The Bertz CT molecular complexity index is 213. The lowest BCUT2D eigenvalue weighted by molar-refractivity contribution is -0.139. The summed E-state index contributed by atoms with van der Waals surface area (Å²) >= 11 is 5.66. The van der Waals surface area contributed by atoms with Gasteiger partial charge in [-0.15, -0.1) is 11.6 Å². The van der Waals surface area contributed by atoms with E-state index in [0.717, 1.165) is 0 Å². The fraction of sp³-hybridized carbons (Fsp3) is 0.857. The number of carboxylic acids is 1. The molecule has 0 aromatic heterocycles. The summed E-state index contributed by atoms with van der Waals surface area (Å²) in [6, 6.07) is 0. The molecular weight excluding hydrogens is 190 g/mol. The van der Waals surface area contributed by atoms with Crippen LogP contribution in [0.15, 0.2) is 0 Å². The Kier molecular flexibility index (Phi) is 2.07. The van der Waals surface area contributed by atoms with Gasteiger partial charge < -0.3 is 5.11 Å². The quantitative estimate of drug-likeness (QED) is 0.700. The Labute approximate surface area is 73.5 Å². The highest BCUT2D eigenvalue weighted by atomic mass is 35.5. The van der Waals surface area contributed by atoms with Crippen LogP contribution in [-0.4, -0.2) is 29.3 Å². The van der Waals surface area contributed by atoms with E-state index in [9.17, 15) is 13.6 Å². The smallest absolute Gasteiger partial charge is 0.309 e. The van der Waals surface area contributed by atoms with Crippen molar-refractivity contribution >= 4 is 17.6 Å². The van der Waals surface area contributed by atoms with Crippen LogP contribution in [0, 0.1) is 11.3 Å². The van der Waals surface area contributed by atoms with Crippen molar-refractivity contribution in [3.05, 3.63) is 0 Å². The fourth-order valence-electron chi connectivity index (χ4n) is 1.65. The first-order valence-electron chi connectivity index (χ1n) is 3.47. The molecule has 0 aromatic rings. The predicted octanol–water partition coefficient (Wildman–Crippen LogP) is 1.62. The molecule has 5 heteroatoms. The Morgan fingerprint density at radius 3 is 2.08 bits per heavy atom. The highest BCUT2D eigenvalue weighted by Gasteiger charge is 2.77. The van der Waals surface area contributed by atoms with E-state index < -0.39 is 35.5 Å². The maximum Gasteiger partial charge on any atom is 0.309 e. The van der Waals surface area contributed by atoms with Gasteiger partial charge in [0, 0.05) is 0 Å². The zero-order valence-corrected chi connectivity index (χ0v) is 7.24. The van der Waals surface area contributed by atoms with E-state index in [4.69, 9.17) is 16.7 Å². The van der Waals surface area contributed by atoms with Crippen LogP contribution in [0.3, 0.4) is 0 Å². The van der Waals surface area contributed by atoms with Crippen LogP contribution < -0.4 is 0 Å². The molecule has 1 aliphatic rings. The summed E-state index contributed by atoms with van der Waals surface area (Å²) in [4.78, 5) is 9.22. The van der Waals surface area contributed by atoms with E-state index >= 15 is 0 Å². The third-order valence-corrected chi connectivity index (χ3v) is 3.30. The van der Waals surface area contributed by atoms with Gasteiger partial charge >= 0.3 is 5.97 Å². The van der Waals surface area contributed by atoms with E-state index in [-0.39, 0.29) is 0 Å². The van der Waals surface area contributed by atoms with Crippen molar-refractivity contribution in [2.24, 2.45) is 11.3 Å². The van der Waals surface area contributed by atoms with Crippen molar-refractivity contribution in [2.75, 3.05) is 13.3 Å². The van der Waals surface area contributed by atoms with Crippen molar-refractivity contribution in [1.29, 1.82) is 0 Å². The molecule has 0 bridgehead atoms. The minimum Gasteiger partial charge on any atom is -0.481 e. The lowest BCUT2D eigenvalue weighted by Crippen LogP contribution is -2.17. The van der Waals surface area contributed by atoms with Gasteiger partial charge in [0.05, 0.1) is 16.2 Å². The average molecular weight is 199 g/mol. The van der Waals surface area contributed by atoms with Crippen LogP contribution in [0.1, 0.15) is 6.92 Å². The molecule has 0 saturated heterocycles. The van der Waals surface area contributed by atoms with Gasteiger partial charge in [-0.05, 0) is 6.92 Å². The van der Waals surface area contributed by atoms with Crippen LogP contribution >= 0.6 is 11.6 Å². The van der Waals surface area contributed by atoms with Gasteiger partial charge in [-0.1, -0.05) is 0 Å². The van der Waals surface area contributed by atoms with E-state index in [1.54, 1.807) is 0 Å². The number of hydrogen-bond donors (Lipinski definition) is 1. The summed E-state index contributed by atoms with van der Waals surface area (Å²) < 4.78 is 24.7. The lowest BCUT2D eigenvalue weighted by atomic mass is 10.1. The summed E-state index contributed by atoms with van der Waals surface area (Å²) in [5.41, 5.74) is -1.50. The molecule has 0 heterocycles. The molecule has 12 heavy (non-hydrogen) atoms. The normalized spacial score (nSPS) is 37.8. The first kappa shape index (κ1) is 9.71. The number of alkyl halides is 3. The third kappa shape index (κ3) is 0.873. The minimum absolute atomic E-state index is 1.03. The zero-order chi connectivity index (χ0) is 9.57. The van der Waals surface area contributed by atoms with Crippen LogP contribution in [0.2, 0.25) is 0 Å². The Morgan fingerprint density at radius 1 is 1.58 bits per heavy atom. The van der Waals surface area contributed by atoms with Crippen LogP contribution in [0.5, 0.6) is 0 Å². The summed E-state index contributed by atoms with van der Waals surface area (Å²) in [7, 11) is 0. The molecule has 0 aromatic carbocycles. The second kappa shape index (κ2) is 2.55. The molecule has 1 N–H and O–H groups in total. The van der Waals surface area contributed by atoms with Crippen LogP contribution in [-0.2, 0) is 4.79 Å². The highest BCUT2D eigenvalue weighted by molar-refractivity contribution is 6.29. The van der Waals surface area contributed by atoms with E-state index in [2.05, 4.69) is 0 Å². The highest BCUT2D eigenvalue weighted by Crippen LogP contribution is 2.66. The minimum atomic E-state index is -1.50. The van der Waals surface area contributed by atoms with Crippen molar-refractivity contribution in [1.82, 2.24) is 0 Å². The van der Waals surface area contributed by atoms with Gasteiger partial charge in [-0.25, -0.2) is 0 Å². The predicted molar refractivity (Wildman–Crippen MR) is 39.8 cm³/mol. The fourth-order valence-corrected chi connectivity index (χ4v) is 2.10. The SMILES string of the molecule is CC1(Cl)C(C(=O)O)C1(CF)CF. The molecule has 1 fully saturated rings. The van der Waals surface area contributed by atoms with E-state index in [1.165, 1.54) is 6.92 Å². The molecular formula is C7H9ClF2O2. The first-order chi connectivity index (χ1) is 5.44. The van der Waals surface area contributed by atoms with Crippen molar-refractivity contribution in [2.45, 2.75) is 11.8 Å². The monoisotopic (exact) mass is 198 g/mol. The summed E-state index contributed by atoms with van der Waals surface area (Å²) in [6.45, 7) is -0.701. The van der Waals surface area contributed by atoms with Crippen molar-refractivity contribution in [3.63, 3.8) is 0 Å². The molecule has 2 atom stereocenters. The van der Waals surface area contributed by atoms with Crippen LogP contribution in [0.25, 0.3) is 0 Å². The van der Waals surface area contributed by atoms with Crippen LogP contribution in [0.4, 0.5) is 8.78 Å². The maximum atomic E-state index is 12.4. The van der Waals surface area contributed by atoms with Gasteiger partial charge in [-0.2, -0.15) is 0 Å². The molecule has 2 unspecified atom stereocenters. The first-order valence-corrected chi connectivity index (χ1v) is 3.85. The Hall–Kier alpha value is -0.380. The number of hydrogen-bond acceptors (Lipinski definition) is 1. The third-order valence-electron chi connectivity index (χ3n) is 2.71. The summed E-state index contributed by atoms with van der Waals surface area (Å²) in [5.74, 6) is -2.34. The Morgan fingerprint density at radius 2 is 2.00 bits per heavy atom. The number of carbonyl (C=O) groups is 1. The average Bonchev–Trinajstić information content (AvgIpc) is 2.47. The van der Waals surface area contributed by atoms with E-state index in [1.807, 2.05) is 0 Å². The number of carboxylic acid groups (broad SMARTS) is 1. The van der Waals surface area contributed by atoms with Crippen molar-refractivity contribution in [3.8, 4) is 0 Å². The molecule has 1 saturated carbocycles. The number of aliphatic carboxylic acids is 1. The second-order valence-electron chi connectivity index (χ2n) is 3.27. The largest absolute Gasteiger partial charge is 0.481 e. The van der Waals surface area contributed by atoms with Crippen molar-refractivity contribution < 1.29 is 18.7 Å². The molecule has 70 valence electrons. The maximum absolute atomic E-state index is 12.4. The summed E-state index contributed by atoms with van der Waals surface area (Å²) in [5, 5.41) is 8.57. The molecule has 2 nitrogen and oxygen atoms in total. The molecule has 0 spiro atoms. The second-order valence-corrected chi connectivity index (χ2v) is 4.06. The van der Waals surface area contributed by atoms with Gasteiger partial charge in [0.2, 0.25) is 0 Å². The molecule has 0 aliphatic heterocycles. The molecule has 1 rings (SSSR count). The molecule has 1 aliphatic carbocycles. The topological polar surface area (TPSA) is 37.3 Å². The summed E-state index contributed by atoms with van der Waals surface area (Å²) in [6.07, 6.45) is 0. The molecule has 0 radical (unpaired) electrons. The van der Waals surface area contributed by atoms with E-state index in [0.29, 0.717) is 0 Å². The zero-order valence-electron chi connectivity index (χ0n) is 6.48. The number of rotatable bonds is 3. The number of halogens is 3. The van der Waals surface area contributed by atoms with Gasteiger partial charge in [0.15, 0.2) is 0 Å². The standard InChI is InChI=1S/C7H9ClF2O2/c1-6(8)4(5(11)12)7(6,2-9)3-10/h4H,2-3H2,1H3,(H,11,12). The van der Waals surface area contributed by atoms with Gasteiger partial charge in [0.25, 0.3) is 0 Å².